The first-order valence-electron chi connectivity index (χ1n) is 5.80. The third kappa shape index (κ3) is 3.20. The molecule has 0 aromatic heterocycles. The molecule has 102 valence electrons. The van der Waals surface area contributed by atoms with Gasteiger partial charge in [0.25, 0.3) is 0 Å². The van der Waals surface area contributed by atoms with Gasteiger partial charge < -0.3 is 24.2 Å². The van der Waals surface area contributed by atoms with E-state index in [9.17, 15) is 0 Å². The van der Waals surface area contributed by atoms with Crippen molar-refractivity contribution in [1.29, 1.82) is 0 Å². The Labute approximate surface area is 108 Å². The van der Waals surface area contributed by atoms with Crippen molar-refractivity contribution in [2.24, 2.45) is 0 Å². The molecule has 0 radical (unpaired) electrons. The molecular formula is C13H21NO4. The summed E-state index contributed by atoms with van der Waals surface area (Å²) in [6.45, 7) is 0.905. The van der Waals surface area contributed by atoms with E-state index in [1.165, 1.54) is 0 Å². The molecule has 0 saturated carbocycles. The Balaban J connectivity index is 3.08. The molecule has 1 rings (SSSR count). The molecule has 0 aliphatic rings. The molecule has 0 spiro atoms. The van der Waals surface area contributed by atoms with E-state index in [2.05, 4.69) is 0 Å². The number of hydrogen-bond donors (Lipinski definition) is 1. The first kappa shape index (κ1) is 14.4. The van der Waals surface area contributed by atoms with Crippen molar-refractivity contribution in [3.8, 4) is 17.2 Å². The molecule has 0 amide bonds. The zero-order valence-corrected chi connectivity index (χ0v) is 11.4. The quantitative estimate of drug-likeness (QED) is 0.800. The highest BCUT2D eigenvalue weighted by Crippen LogP contribution is 2.39. The predicted molar refractivity (Wildman–Crippen MR) is 71.1 cm³/mol. The normalized spacial score (nSPS) is 10.1. The van der Waals surface area contributed by atoms with Crippen LogP contribution in [0.5, 0.6) is 17.2 Å². The number of anilines is 1. The highest BCUT2D eigenvalue weighted by atomic mass is 16.5. The third-order valence-corrected chi connectivity index (χ3v) is 2.75. The fourth-order valence-corrected chi connectivity index (χ4v) is 1.74. The van der Waals surface area contributed by atoms with Gasteiger partial charge in [0.2, 0.25) is 0 Å². The summed E-state index contributed by atoms with van der Waals surface area (Å²) in [6.07, 6.45) is 0.702. The van der Waals surface area contributed by atoms with Crippen LogP contribution in [0.2, 0.25) is 0 Å². The number of benzene rings is 1. The minimum Gasteiger partial charge on any atom is -0.494 e. The number of methoxy groups -OCH3 is 3. The van der Waals surface area contributed by atoms with Crippen molar-refractivity contribution in [1.82, 2.24) is 0 Å². The molecular weight excluding hydrogens is 234 g/mol. The van der Waals surface area contributed by atoms with E-state index in [4.69, 9.17) is 19.3 Å². The Morgan fingerprint density at radius 3 is 2.06 bits per heavy atom. The standard InChI is InChI=1S/C13H21NO4/c1-14(6-5-7-15)10-8-12(17-3)13(18-4)9-11(10)16-2/h8-9,15H,5-7H2,1-4H3. The molecule has 1 N–H and O–H groups in total. The molecule has 5 heteroatoms. The van der Waals surface area contributed by atoms with Gasteiger partial charge in [-0.25, -0.2) is 0 Å². The summed E-state index contributed by atoms with van der Waals surface area (Å²) < 4.78 is 15.9. The Kier molecular flexibility index (Phi) is 5.58. The highest BCUT2D eigenvalue weighted by Gasteiger charge is 2.14. The molecule has 1 aromatic carbocycles. The summed E-state index contributed by atoms with van der Waals surface area (Å²) in [5.41, 5.74) is 0.906. The second-order valence-electron chi connectivity index (χ2n) is 3.88. The van der Waals surface area contributed by atoms with Gasteiger partial charge in [0.1, 0.15) is 5.75 Å². The summed E-state index contributed by atoms with van der Waals surface area (Å²) in [6, 6.07) is 3.67. The Morgan fingerprint density at radius 1 is 1.00 bits per heavy atom. The first-order valence-corrected chi connectivity index (χ1v) is 5.80. The van der Waals surface area contributed by atoms with Crippen LogP contribution in [0.25, 0.3) is 0 Å². The second-order valence-corrected chi connectivity index (χ2v) is 3.88. The van der Waals surface area contributed by atoms with Crippen LogP contribution in [-0.2, 0) is 0 Å². The molecule has 0 atom stereocenters. The molecule has 0 aliphatic heterocycles. The van der Waals surface area contributed by atoms with Crippen molar-refractivity contribution >= 4 is 5.69 Å². The van der Waals surface area contributed by atoms with E-state index in [1.54, 1.807) is 27.4 Å². The summed E-state index contributed by atoms with van der Waals surface area (Å²) in [7, 11) is 6.75. The SMILES string of the molecule is COc1cc(OC)c(N(C)CCCO)cc1OC. The van der Waals surface area contributed by atoms with Gasteiger partial charge in [-0.05, 0) is 6.42 Å². The number of aliphatic hydroxyl groups is 1. The summed E-state index contributed by atoms with van der Waals surface area (Å²) >= 11 is 0. The highest BCUT2D eigenvalue weighted by molar-refractivity contribution is 5.65. The van der Waals surface area contributed by atoms with Crippen molar-refractivity contribution in [2.75, 3.05) is 46.4 Å². The van der Waals surface area contributed by atoms with Crippen LogP contribution in [0.3, 0.4) is 0 Å². The molecule has 0 bridgehead atoms. The lowest BCUT2D eigenvalue weighted by atomic mass is 10.2. The molecule has 18 heavy (non-hydrogen) atoms. The van der Waals surface area contributed by atoms with Crippen LogP contribution >= 0.6 is 0 Å². The first-order chi connectivity index (χ1) is 8.67. The zero-order chi connectivity index (χ0) is 13.5. The maximum absolute atomic E-state index is 8.87. The Bertz CT molecular complexity index is 381. The van der Waals surface area contributed by atoms with Crippen molar-refractivity contribution in [2.45, 2.75) is 6.42 Å². The van der Waals surface area contributed by atoms with Crippen LogP contribution in [0, 0.1) is 0 Å². The topological polar surface area (TPSA) is 51.2 Å². The molecule has 0 unspecified atom stereocenters. The molecule has 0 aliphatic carbocycles. The molecule has 1 aromatic rings. The fourth-order valence-electron chi connectivity index (χ4n) is 1.74. The van der Waals surface area contributed by atoms with E-state index in [0.717, 1.165) is 12.2 Å². The Morgan fingerprint density at radius 2 is 1.56 bits per heavy atom. The predicted octanol–water partition coefficient (Wildman–Crippen LogP) is 1.53. The zero-order valence-electron chi connectivity index (χ0n) is 11.4. The van der Waals surface area contributed by atoms with Crippen LogP contribution in [0.4, 0.5) is 5.69 Å². The van der Waals surface area contributed by atoms with Gasteiger partial charge in [0.05, 0.1) is 27.0 Å². The molecule has 5 nitrogen and oxygen atoms in total. The van der Waals surface area contributed by atoms with Gasteiger partial charge in [-0.15, -0.1) is 0 Å². The molecule has 0 fully saturated rings. The minimum atomic E-state index is 0.167. The Hall–Kier alpha value is -1.62. The van der Waals surface area contributed by atoms with Crippen molar-refractivity contribution in [3.05, 3.63) is 12.1 Å². The largest absolute Gasteiger partial charge is 0.494 e. The third-order valence-electron chi connectivity index (χ3n) is 2.75. The van der Waals surface area contributed by atoms with Crippen molar-refractivity contribution in [3.63, 3.8) is 0 Å². The number of rotatable bonds is 7. The van der Waals surface area contributed by atoms with Gasteiger partial charge >= 0.3 is 0 Å². The lowest BCUT2D eigenvalue weighted by molar-refractivity contribution is 0.290. The number of nitrogens with zero attached hydrogens (tertiary/aromatic N) is 1. The van der Waals surface area contributed by atoms with Crippen LogP contribution in [0.1, 0.15) is 6.42 Å². The van der Waals surface area contributed by atoms with Crippen LogP contribution < -0.4 is 19.1 Å². The second kappa shape index (κ2) is 6.96. The lowest BCUT2D eigenvalue weighted by Gasteiger charge is -2.23. The average Bonchev–Trinajstić information content (AvgIpc) is 2.42. The van der Waals surface area contributed by atoms with Gasteiger partial charge in [0, 0.05) is 32.3 Å². The van der Waals surface area contributed by atoms with Gasteiger partial charge in [-0.3, -0.25) is 0 Å². The van der Waals surface area contributed by atoms with E-state index in [-0.39, 0.29) is 6.61 Å². The van der Waals surface area contributed by atoms with Gasteiger partial charge in [-0.2, -0.15) is 0 Å². The minimum absolute atomic E-state index is 0.167. The monoisotopic (exact) mass is 255 g/mol. The fraction of sp³-hybridized carbons (Fsp3) is 0.538. The number of ether oxygens (including phenoxy) is 3. The molecule has 0 saturated heterocycles. The van der Waals surface area contributed by atoms with E-state index in [0.29, 0.717) is 23.7 Å². The lowest BCUT2D eigenvalue weighted by Crippen LogP contribution is -2.20. The van der Waals surface area contributed by atoms with Gasteiger partial charge in [-0.1, -0.05) is 0 Å². The summed E-state index contributed by atoms with van der Waals surface area (Å²) in [5.74, 6) is 2.01. The van der Waals surface area contributed by atoms with Crippen molar-refractivity contribution < 1.29 is 19.3 Å². The van der Waals surface area contributed by atoms with E-state index >= 15 is 0 Å². The van der Waals surface area contributed by atoms with Gasteiger partial charge in [0.15, 0.2) is 11.5 Å². The van der Waals surface area contributed by atoms with Crippen LogP contribution in [-0.4, -0.2) is 46.6 Å². The average molecular weight is 255 g/mol. The van der Waals surface area contributed by atoms with Crippen LogP contribution in [0.15, 0.2) is 12.1 Å². The van der Waals surface area contributed by atoms with E-state index in [1.807, 2.05) is 18.0 Å². The maximum atomic E-state index is 8.87. The van der Waals surface area contributed by atoms with E-state index < -0.39 is 0 Å². The summed E-state index contributed by atoms with van der Waals surface area (Å²) in [4.78, 5) is 2.01. The maximum Gasteiger partial charge on any atom is 0.164 e. The number of hydrogen-bond acceptors (Lipinski definition) is 5. The number of aliphatic hydroxyl groups excluding tert-OH is 1. The smallest absolute Gasteiger partial charge is 0.164 e. The summed E-state index contributed by atoms with van der Waals surface area (Å²) in [5, 5.41) is 8.87. The molecule has 0 heterocycles.